The maximum Gasteiger partial charge on any atom is 0.0218 e. The highest BCUT2D eigenvalue weighted by Gasteiger charge is 2.52. The van der Waals surface area contributed by atoms with Crippen molar-refractivity contribution in [3.8, 4) is 55.6 Å². The standard InChI is InChI=1S/C56H46/c1-54(2)46-32-44-40-26-27-41-50-38-24-14-12-22-36(38)43(35-20-10-6-11-21-35)31-49(50)55(3,4)52(41)53(40)56(28-16-7-17-29-56)47(44)33-45(46)51-39-25-15-13-23-37(39)42(30-48(51)54)34-18-8-5-9-19-34/h5-6,8-15,18-27,30-33H,7,16-17,28-29H2,1-4H3. The topological polar surface area (TPSA) is 0 Å². The van der Waals surface area contributed by atoms with Crippen LogP contribution in [-0.2, 0) is 16.2 Å². The second-order valence-electron chi connectivity index (χ2n) is 18.3. The van der Waals surface area contributed by atoms with Crippen LogP contribution in [0.15, 0.2) is 146 Å². The average molecular weight is 719 g/mol. The van der Waals surface area contributed by atoms with Crippen LogP contribution in [-0.4, -0.2) is 0 Å². The lowest BCUT2D eigenvalue weighted by Crippen LogP contribution is -2.31. The lowest BCUT2D eigenvalue weighted by atomic mass is 9.64. The van der Waals surface area contributed by atoms with Crippen LogP contribution in [0, 0.1) is 0 Å². The van der Waals surface area contributed by atoms with Gasteiger partial charge in [-0.1, -0.05) is 168 Å². The second-order valence-corrected chi connectivity index (χ2v) is 18.3. The van der Waals surface area contributed by atoms with Crippen molar-refractivity contribution in [2.24, 2.45) is 0 Å². The first-order chi connectivity index (χ1) is 27.3. The van der Waals surface area contributed by atoms with E-state index in [9.17, 15) is 0 Å². The third-order valence-electron chi connectivity index (χ3n) is 14.8. The SMILES string of the molecule is CC1(C)c2cc3c(cc2-c2c1cc(-c1ccccc1)c1ccccc21)C1(CCCCC1)c1c-3ccc2c1C(C)(C)c1cc(-c3ccccc3)c3ccccc3c1-2. The van der Waals surface area contributed by atoms with E-state index in [1.807, 2.05) is 0 Å². The van der Waals surface area contributed by atoms with Gasteiger partial charge in [0, 0.05) is 16.2 Å². The Balaban J connectivity index is 1.12. The number of benzene rings is 8. The fraction of sp³-hybridized carbons (Fsp3) is 0.214. The first-order valence-electron chi connectivity index (χ1n) is 20.9. The summed E-state index contributed by atoms with van der Waals surface area (Å²) in [5.74, 6) is 0. The second kappa shape index (κ2) is 11.2. The van der Waals surface area contributed by atoms with E-state index in [2.05, 4.69) is 173 Å². The highest BCUT2D eigenvalue weighted by molar-refractivity contribution is 6.12. The van der Waals surface area contributed by atoms with Gasteiger partial charge in [-0.05, 0) is 148 Å². The van der Waals surface area contributed by atoms with Gasteiger partial charge in [-0.3, -0.25) is 0 Å². The molecular formula is C56H46. The normalized spacial score (nSPS) is 17.4. The third-order valence-corrected chi connectivity index (χ3v) is 14.8. The molecule has 0 saturated heterocycles. The minimum absolute atomic E-state index is 0.00729. The molecule has 0 aliphatic heterocycles. The molecule has 4 aliphatic carbocycles. The summed E-state index contributed by atoms with van der Waals surface area (Å²) in [5, 5.41) is 5.44. The Labute approximate surface area is 330 Å². The van der Waals surface area contributed by atoms with Gasteiger partial charge in [0.15, 0.2) is 0 Å². The molecule has 8 aromatic carbocycles. The van der Waals surface area contributed by atoms with Crippen molar-refractivity contribution in [3.63, 3.8) is 0 Å². The van der Waals surface area contributed by atoms with Gasteiger partial charge in [0.25, 0.3) is 0 Å². The summed E-state index contributed by atoms with van der Waals surface area (Å²) in [6.07, 6.45) is 6.31. The maximum absolute atomic E-state index is 2.71. The van der Waals surface area contributed by atoms with Crippen LogP contribution in [0.1, 0.15) is 93.2 Å². The van der Waals surface area contributed by atoms with Crippen LogP contribution in [0.5, 0.6) is 0 Å². The van der Waals surface area contributed by atoms with Crippen molar-refractivity contribution in [2.45, 2.75) is 76.0 Å². The van der Waals surface area contributed by atoms with E-state index < -0.39 is 0 Å². The predicted octanol–water partition coefficient (Wildman–Crippen LogP) is 15.2. The molecule has 56 heavy (non-hydrogen) atoms. The fourth-order valence-electron chi connectivity index (χ4n) is 12.2. The van der Waals surface area contributed by atoms with Crippen molar-refractivity contribution >= 4 is 21.5 Å². The van der Waals surface area contributed by atoms with Gasteiger partial charge in [0.2, 0.25) is 0 Å². The Kier molecular flexibility index (Phi) is 6.50. The summed E-state index contributed by atoms with van der Waals surface area (Å²) in [6.45, 7) is 9.99. The Hall–Kier alpha value is -5.72. The molecule has 0 aromatic heterocycles. The van der Waals surface area contributed by atoms with E-state index in [0.29, 0.717) is 0 Å². The summed E-state index contributed by atoms with van der Waals surface area (Å²) in [4.78, 5) is 0. The Morgan fingerprint density at radius 1 is 0.339 bits per heavy atom. The summed E-state index contributed by atoms with van der Waals surface area (Å²) in [6, 6.07) is 55.9. The highest BCUT2D eigenvalue weighted by atomic mass is 14.5. The Morgan fingerprint density at radius 2 is 0.804 bits per heavy atom. The van der Waals surface area contributed by atoms with Gasteiger partial charge in [0.1, 0.15) is 0 Å². The molecule has 1 spiro atoms. The van der Waals surface area contributed by atoms with Crippen LogP contribution in [0.2, 0.25) is 0 Å². The van der Waals surface area contributed by atoms with Crippen LogP contribution in [0.4, 0.5) is 0 Å². The molecule has 0 heterocycles. The highest BCUT2D eigenvalue weighted by Crippen LogP contribution is 2.65. The molecule has 1 saturated carbocycles. The van der Waals surface area contributed by atoms with Gasteiger partial charge in [-0.25, -0.2) is 0 Å². The lowest BCUT2D eigenvalue weighted by molar-refractivity contribution is 0.348. The third kappa shape index (κ3) is 4.05. The molecule has 0 heteroatoms. The van der Waals surface area contributed by atoms with Crippen LogP contribution >= 0.6 is 0 Å². The van der Waals surface area contributed by atoms with E-state index >= 15 is 0 Å². The summed E-state index contributed by atoms with van der Waals surface area (Å²) >= 11 is 0. The molecule has 0 nitrogen and oxygen atoms in total. The molecule has 0 unspecified atom stereocenters. The molecule has 4 aliphatic rings. The summed E-state index contributed by atoms with van der Waals surface area (Å²) in [7, 11) is 0. The molecule has 0 radical (unpaired) electrons. The predicted molar refractivity (Wildman–Crippen MR) is 237 cm³/mol. The molecule has 12 rings (SSSR count). The van der Waals surface area contributed by atoms with Crippen molar-refractivity contribution in [1.82, 2.24) is 0 Å². The number of rotatable bonds is 2. The monoisotopic (exact) mass is 718 g/mol. The zero-order valence-electron chi connectivity index (χ0n) is 32.9. The fourth-order valence-corrected chi connectivity index (χ4v) is 12.2. The number of fused-ring (bicyclic) bond motifs is 16. The van der Waals surface area contributed by atoms with Gasteiger partial charge < -0.3 is 0 Å². The van der Waals surface area contributed by atoms with E-state index in [1.165, 1.54) is 126 Å². The van der Waals surface area contributed by atoms with Gasteiger partial charge >= 0.3 is 0 Å². The molecule has 0 atom stereocenters. The van der Waals surface area contributed by atoms with Crippen LogP contribution in [0.3, 0.4) is 0 Å². The van der Waals surface area contributed by atoms with E-state index in [-0.39, 0.29) is 16.2 Å². The molecule has 1 fully saturated rings. The molecule has 0 N–H and O–H groups in total. The quantitative estimate of drug-likeness (QED) is 0.167. The van der Waals surface area contributed by atoms with Crippen LogP contribution < -0.4 is 0 Å². The number of hydrogen-bond acceptors (Lipinski definition) is 0. The van der Waals surface area contributed by atoms with E-state index in [0.717, 1.165) is 0 Å². The van der Waals surface area contributed by atoms with Crippen molar-refractivity contribution in [3.05, 3.63) is 179 Å². The van der Waals surface area contributed by atoms with Crippen molar-refractivity contribution < 1.29 is 0 Å². The largest absolute Gasteiger partial charge is 0.0622 e. The first-order valence-corrected chi connectivity index (χ1v) is 20.9. The first kappa shape index (κ1) is 32.5. The molecule has 0 bridgehead atoms. The molecular weight excluding hydrogens is 673 g/mol. The Bertz CT molecular complexity index is 2970. The lowest BCUT2D eigenvalue weighted by Gasteiger charge is -2.39. The maximum atomic E-state index is 2.71. The Morgan fingerprint density at radius 3 is 1.39 bits per heavy atom. The van der Waals surface area contributed by atoms with E-state index in [4.69, 9.17) is 0 Å². The summed E-state index contributed by atoms with van der Waals surface area (Å²) in [5.41, 5.74) is 23.0. The smallest absolute Gasteiger partial charge is 0.0218 e. The van der Waals surface area contributed by atoms with Gasteiger partial charge in [0.05, 0.1) is 0 Å². The molecule has 8 aromatic rings. The van der Waals surface area contributed by atoms with Crippen LogP contribution in [0.25, 0.3) is 77.2 Å². The summed E-state index contributed by atoms with van der Waals surface area (Å²) < 4.78 is 0. The van der Waals surface area contributed by atoms with Crippen molar-refractivity contribution in [2.75, 3.05) is 0 Å². The molecule has 270 valence electrons. The van der Waals surface area contributed by atoms with Gasteiger partial charge in [-0.15, -0.1) is 0 Å². The number of hydrogen-bond donors (Lipinski definition) is 0. The zero-order chi connectivity index (χ0) is 37.6. The van der Waals surface area contributed by atoms with Crippen molar-refractivity contribution in [1.29, 1.82) is 0 Å². The molecule has 0 amide bonds. The minimum atomic E-state index is -0.144. The van der Waals surface area contributed by atoms with Gasteiger partial charge in [-0.2, -0.15) is 0 Å². The zero-order valence-corrected chi connectivity index (χ0v) is 32.9. The minimum Gasteiger partial charge on any atom is -0.0622 e. The van der Waals surface area contributed by atoms with E-state index in [1.54, 1.807) is 16.7 Å². The average Bonchev–Trinajstić information content (AvgIpc) is 3.73.